The molecule has 64 valence electrons. The maximum atomic E-state index is 10.5. The third-order valence-electron chi connectivity index (χ3n) is 1.80. The van der Waals surface area contributed by atoms with Crippen LogP contribution in [0.2, 0.25) is 0 Å². The Morgan fingerprint density at radius 1 is 1.55 bits per heavy atom. The molecule has 1 saturated heterocycles. The van der Waals surface area contributed by atoms with Crippen molar-refractivity contribution in [3.05, 3.63) is 0 Å². The van der Waals surface area contributed by atoms with E-state index in [1.165, 1.54) is 0 Å². The van der Waals surface area contributed by atoms with E-state index in [0.29, 0.717) is 6.42 Å². The summed E-state index contributed by atoms with van der Waals surface area (Å²) in [5.74, 6) is -0.230. The summed E-state index contributed by atoms with van der Waals surface area (Å²) in [4.78, 5) is 10.5. The van der Waals surface area contributed by atoms with E-state index < -0.39 is 0 Å². The van der Waals surface area contributed by atoms with Gasteiger partial charge >= 0.3 is 0 Å². The Morgan fingerprint density at radius 2 is 2.36 bits per heavy atom. The number of hydrogen-bond acceptors (Lipinski definition) is 3. The van der Waals surface area contributed by atoms with Gasteiger partial charge in [-0.3, -0.25) is 4.79 Å². The van der Waals surface area contributed by atoms with Crippen LogP contribution in [0.3, 0.4) is 0 Å². The molecule has 0 radical (unpaired) electrons. The lowest BCUT2D eigenvalue weighted by molar-refractivity contribution is -0.118. The minimum Gasteiger partial charge on any atom is -0.370 e. The van der Waals surface area contributed by atoms with Gasteiger partial charge in [0.25, 0.3) is 0 Å². The van der Waals surface area contributed by atoms with Crippen molar-refractivity contribution in [3.8, 4) is 0 Å². The van der Waals surface area contributed by atoms with Gasteiger partial charge in [-0.1, -0.05) is 0 Å². The summed E-state index contributed by atoms with van der Waals surface area (Å²) in [6.45, 7) is 2.86. The van der Waals surface area contributed by atoms with Crippen LogP contribution in [0.1, 0.15) is 12.8 Å². The lowest BCUT2D eigenvalue weighted by atomic mass is 10.2. The Kier molecular flexibility index (Phi) is 3.32. The smallest absolute Gasteiger partial charge is 0.219 e. The van der Waals surface area contributed by atoms with Crippen LogP contribution in [0.5, 0.6) is 0 Å². The summed E-state index contributed by atoms with van der Waals surface area (Å²) in [5, 5.41) is 6.48. The monoisotopic (exact) mass is 157 g/mol. The molecule has 1 amide bonds. The molecule has 4 nitrogen and oxygen atoms in total. The van der Waals surface area contributed by atoms with E-state index in [0.717, 1.165) is 26.1 Å². The number of hydrogen-bond donors (Lipinski definition) is 3. The van der Waals surface area contributed by atoms with Crippen LogP contribution >= 0.6 is 0 Å². The maximum Gasteiger partial charge on any atom is 0.219 e. The third kappa shape index (κ3) is 3.34. The van der Waals surface area contributed by atoms with Gasteiger partial charge in [-0.2, -0.15) is 0 Å². The highest BCUT2D eigenvalue weighted by Crippen LogP contribution is 1.93. The van der Waals surface area contributed by atoms with E-state index in [1.807, 2.05) is 0 Å². The van der Waals surface area contributed by atoms with Crippen molar-refractivity contribution < 1.29 is 4.79 Å². The van der Waals surface area contributed by atoms with Crippen LogP contribution < -0.4 is 16.4 Å². The van der Waals surface area contributed by atoms with Gasteiger partial charge in [0, 0.05) is 19.0 Å². The molecule has 0 aromatic carbocycles. The van der Waals surface area contributed by atoms with Crippen LogP contribution in [0.15, 0.2) is 0 Å². The minimum atomic E-state index is -0.230. The quantitative estimate of drug-likeness (QED) is 0.472. The van der Waals surface area contributed by atoms with Gasteiger partial charge in [0.05, 0.1) is 0 Å². The molecule has 1 fully saturated rings. The maximum absolute atomic E-state index is 10.5. The van der Waals surface area contributed by atoms with Crippen molar-refractivity contribution in [2.24, 2.45) is 5.73 Å². The van der Waals surface area contributed by atoms with E-state index in [9.17, 15) is 4.79 Å². The average Bonchev–Trinajstić information content (AvgIpc) is 2.14. The summed E-state index contributed by atoms with van der Waals surface area (Å²) in [5.41, 5.74) is 5.07. The normalized spacial score (nSPS) is 26.0. The van der Waals surface area contributed by atoms with E-state index in [4.69, 9.17) is 5.73 Å². The molecule has 4 N–H and O–H groups in total. The predicted octanol–water partition coefficient (Wildman–Crippen LogP) is -1.19. The fourth-order valence-corrected chi connectivity index (χ4v) is 1.26. The van der Waals surface area contributed by atoms with Gasteiger partial charge < -0.3 is 16.4 Å². The van der Waals surface area contributed by atoms with E-state index in [1.54, 1.807) is 0 Å². The third-order valence-corrected chi connectivity index (χ3v) is 1.80. The summed E-state index contributed by atoms with van der Waals surface area (Å²) in [6.07, 6.45) is 1.56. The molecule has 0 aliphatic carbocycles. The Balaban J connectivity index is 2.25. The fourth-order valence-electron chi connectivity index (χ4n) is 1.26. The van der Waals surface area contributed by atoms with Gasteiger partial charge in [-0.15, -0.1) is 0 Å². The minimum absolute atomic E-state index is 0.230. The zero-order valence-electron chi connectivity index (χ0n) is 6.60. The first kappa shape index (κ1) is 8.49. The zero-order chi connectivity index (χ0) is 8.10. The summed E-state index contributed by atoms with van der Waals surface area (Å²) in [6, 6.07) is 0.231. The lowest BCUT2D eigenvalue weighted by Gasteiger charge is -2.12. The van der Waals surface area contributed by atoms with Gasteiger partial charge in [-0.25, -0.2) is 0 Å². The second-order valence-electron chi connectivity index (χ2n) is 2.88. The first-order chi connectivity index (χ1) is 5.29. The topological polar surface area (TPSA) is 67.2 Å². The van der Waals surface area contributed by atoms with E-state index in [2.05, 4.69) is 10.6 Å². The average molecular weight is 157 g/mol. The van der Waals surface area contributed by atoms with Crippen molar-refractivity contribution >= 4 is 5.91 Å². The first-order valence-corrected chi connectivity index (χ1v) is 4.01. The lowest BCUT2D eigenvalue weighted by Crippen LogP contribution is -2.38. The van der Waals surface area contributed by atoms with Crippen LogP contribution in [0.25, 0.3) is 0 Å². The highest BCUT2D eigenvalue weighted by molar-refractivity contribution is 5.74. The van der Waals surface area contributed by atoms with Crippen LogP contribution in [-0.4, -0.2) is 31.6 Å². The first-order valence-electron chi connectivity index (χ1n) is 4.01. The Hall–Kier alpha value is -0.610. The molecule has 0 bridgehead atoms. The van der Waals surface area contributed by atoms with Crippen LogP contribution in [0.4, 0.5) is 0 Å². The molecule has 1 atom stereocenters. The Labute approximate surface area is 66.5 Å². The Morgan fingerprint density at radius 3 is 3.09 bits per heavy atom. The van der Waals surface area contributed by atoms with Gasteiger partial charge in [-0.05, 0) is 19.5 Å². The van der Waals surface area contributed by atoms with Crippen molar-refractivity contribution in [3.63, 3.8) is 0 Å². The van der Waals surface area contributed by atoms with Crippen molar-refractivity contribution in [2.75, 3.05) is 19.6 Å². The van der Waals surface area contributed by atoms with Crippen molar-refractivity contribution in [1.29, 1.82) is 0 Å². The Bertz CT molecular complexity index is 130. The summed E-state index contributed by atoms with van der Waals surface area (Å²) >= 11 is 0. The largest absolute Gasteiger partial charge is 0.370 e. The zero-order valence-corrected chi connectivity index (χ0v) is 6.60. The molecule has 4 heteroatoms. The molecule has 1 heterocycles. The fraction of sp³-hybridized carbons (Fsp3) is 0.857. The standard InChI is InChI=1S/C7H15N3O/c8-7(11)4-6-5-9-2-1-3-10-6/h6,9-10H,1-5H2,(H2,8,11). The molecule has 0 aromatic rings. The number of nitrogens with two attached hydrogens (primary N) is 1. The molecule has 1 unspecified atom stereocenters. The molecule has 0 saturated carbocycles. The van der Waals surface area contributed by atoms with Gasteiger partial charge in [0.2, 0.25) is 5.91 Å². The highest BCUT2D eigenvalue weighted by atomic mass is 16.1. The van der Waals surface area contributed by atoms with Crippen LogP contribution in [0, 0.1) is 0 Å². The highest BCUT2D eigenvalue weighted by Gasteiger charge is 2.12. The second-order valence-corrected chi connectivity index (χ2v) is 2.88. The molecule has 1 aliphatic heterocycles. The number of carbonyl (C=O) groups is 1. The number of nitrogens with one attached hydrogen (secondary N) is 2. The number of amides is 1. The van der Waals surface area contributed by atoms with Crippen LogP contribution in [-0.2, 0) is 4.79 Å². The molecule has 11 heavy (non-hydrogen) atoms. The number of carbonyl (C=O) groups excluding carboxylic acids is 1. The summed E-state index contributed by atoms with van der Waals surface area (Å²) in [7, 11) is 0. The van der Waals surface area contributed by atoms with Crippen molar-refractivity contribution in [2.45, 2.75) is 18.9 Å². The molecule has 1 aliphatic rings. The van der Waals surface area contributed by atoms with E-state index >= 15 is 0 Å². The number of primary amides is 1. The number of rotatable bonds is 2. The van der Waals surface area contributed by atoms with E-state index in [-0.39, 0.29) is 11.9 Å². The molecular weight excluding hydrogens is 142 g/mol. The molecule has 1 rings (SSSR count). The SMILES string of the molecule is NC(=O)CC1CNCCCN1. The molecule has 0 aromatic heterocycles. The summed E-state index contributed by atoms with van der Waals surface area (Å²) < 4.78 is 0. The predicted molar refractivity (Wildman–Crippen MR) is 43.1 cm³/mol. The van der Waals surface area contributed by atoms with Gasteiger partial charge in [0.1, 0.15) is 0 Å². The van der Waals surface area contributed by atoms with Crippen molar-refractivity contribution in [1.82, 2.24) is 10.6 Å². The van der Waals surface area contributed by atoms with Gasteiger partial charge in [0.15, 0.2) is 0 Å². The molecular formula is C7H15N3O. The molecule has 0 spiro atoms. The second kappa shape index (κ2) is 4.31.